The Morgan fingerprint density at radius 1 is 1.24 bits per heavy atom. The van der Waals surface area contributed by atoms with Gasteiger partial charge in [0.15, 0.2) is 0 Å². The SMILES string of the molecule is CCOC(=O)N[C@@H](CC(=O)N/N=C\c1cccnc1)c1ccccc1. The Morgan fingerprint density at radius 3 is 2.72 bits per heavy atom. The zero-order valence-corrected chi connectivity index (χ0v) is 13.9. The van der Waals surface area contributed by atoms with Crippen LogP contribution >= 0.6 is 0 Å². The monoisotopic (exact) mass is 340 g/mol. The molecule has 25 heavy (non-hydrogen) atoms. The van der Waals surface area contributed by atoms with E-state index in [1.165, 1.54) is 6.21 Å². The van der Waals surface area contributed by atoms with Gasteiger partial charge in [0.2, 0.25) is 5.91 Å². The number of hydrogen-bond donors (Lipinski definition) is 2. The summed E-state index contributed by atoms with van der Waals surface area (Å²) in [4.78, 5) is 27.8. The first-order valence-corrected chi connectivity index (χ1v) is 7.89. The Bertz CT molecular complexity index is 705. The Balaban J connectivity index is 1.96. The lowest BCUT2D eigenvalue weighted by atomic mass is 10.0. The van der Waals surface area contributed by atoms with Gasteiger partial charge in [0, 0.05) is 18.0 Å². The molecule has 1 aromatic heterocycles. The lowest BCUT2D eigenvalue weighted by Gasteiger charge is -2.18. The van der Waals surface area contributed by atoms with Crippen molar-refractivity contribution in [3.8, 4) is 0 Å². The summed E-state index contributed by atoms with van der Waals surface area (Å²) in [6.45, 7) is 1.98. The van der Waals surface area contributed by atoms with E-state index in [0.29, 0.717) is 0 Å². The summed E-state index contributed by atoms with van der Waals surface area (Å²) in [5, 5.41) is 6.58. The van der Waals surface area contributed by atoms with Crippen molar-refractivity contribution in [3.63, 3.8) is 0 Å². The van der Waals surface area contributed by atoms with Gasteiger partial charge in [-0.3, -0.25) is 9.78 Å². The van der Waals surface area contributed by atoms with E-state index in [1.54, 1.807) is 25.4 Å². The summed E-state index contributed by atoms with van der Waals surface area (Å²) in [5.74, 6) is -0.328. The van der Waals surface area contributed by atoms with Gasteiger partial charge >= 0.3 is 6.09 Å². The van der Waals surface area contributed by atoms with E-state index >= 15 is 0 Å². The molecule has 0 saturated heterocycles. The van der Waals surface area contributed by atoms with E-state index < -0.39 is 12.1 Å². The molecule has 0 fully saturated rings. The van der Waals surface area contributed by atoms with Crippen molar-refractivity contribution < 1.29 is 14.3 Å². The van der Waals surface area contributed by atoms with Crippen LogP contribution in [-0.4, -0.2) is 29.8 Å². The Hall–Kier alpha value is -3.22. The Kier molecular flexibility index (Phi) is 7.12. The van der Waals surface area contributed by atoms with Crippen LogP contribution in [0.15, 0.2) is 60.0 Å². The number of carbonyl (C=O) groups is 2. The summed E-state index contributed by atoms with van der Waals surface area (Å²) < 4.78 is 4.90. The minimum atomic E-state index is -0.567. The molecule has 130 valence electrons. The summed E-state index contributed by atoms with van der Waals surface area (Å²) >= 11 is 0. The van der Waals surface area contributed by atoms with Crippen LogP contribution in [-0.2, 0) is 9.53 Å². The highest BCUT2D eigenvalue weighted by Gasteiger charge is 2.18. The van der Waals surface area contributed by atoms with Gasteiger partial charge in [0.25, 0.3) is 0 Å². The number of amides is 2. The van der Waals surface area contributed by atoms with Crippen molar-refractivity contribution in [1.29, 1.82) is 0 Å². The molecule has 7 heteroatoms. The van der Waals surface area contributed by atoms with E-state index in [0.717, 1.165) is 11.1 Å². The van der Waals surface area contributed by atoms with Crippen LogP contribution in [0.3, 0.4) is 0 Å². The lowest BCUT2D eigenvalue weighted by Crippen LogP contribution is -2.33. The molecule has 0 saturated carbocycles. The summed E-state index contributed by atoms with van der Waals surface area (Å²) in [7, 11) is 0. The summed E-state index contributed by atoms with van der Waals surface area (Å²) in [6.07, 6.45) is 4.25. The van der Waals surface area contributed by atoms with Crippen LogP contribution in [0.4, 0.5) is 4.79 Å². The van der Waals surface area contributed by atoms with Gasteiger partial charge in [-0.05, 0) is 18.6 Å². The van der Waals surface area contributed by atoms with Gasteiger partial charge in [0.1, 0.15) is 0 Å². The second kappa shape index (κ2) is 9.82. The topological polar surface area (TPSA) is 92.7 Å². The minimum Gasteiger partial charge on any atom is -0.450 e. The van der Waals surface area contributed by atoms with E-state index in [9.17, 15) is 9.59 Å². The average Bonchev–Trinajstić information content (AvgIpc) is 2.63. The fourth-order valence-electron chi connectivity index (χ4n) is 2.11. The quantitative estimate of drug-likeness (QED) is 0.598. The van der Waals surface area contributed by atoms with Crippen molar-refractivity contribution in [2.24, 2.45) is 5.10 Å². The highest BCUT2D eigenvalue weighted by molar-refractivity contribution is 5.82. The third-order valence-electron chi connectivity index (χ3n) is 3.25. The first-order chi connectivity index (χ1) is 12.2. The number of nitrogens with zero attached hydrogens (tertiary/aromatic N) is 2. The molecular formula is C18H20N4O3. The number of pyridine rings is 1. The molecule has 1 heterocycles. The third kappa shape index (κ3) is 6.42. The Labute approximate surface area is 146 Å². The number of aromatic nitrogens is 1. The van der Waals surface area contributed by atoms with Crippen LogP contribution in [0.5, 0.6) is 0 Å². The maximum absolute atomic E-state index is 12.1. The van der Waals surface area contributed by atoms with Gasteiger partial charge in [-0.2, -0.15) is 5.10 Å². The van der Waals surface area contributed by atoms with Crippen molar-refractivity contribution in [2.45, 2.75) is 19.4 Å². The molecule has 0 aliphatic rings. The maximum atomic E-state index is 12.1. The number of alkyl carbamates (subject to hydrolysis) is 1. The predicted octanol–water partition coefficient (Wildman–Crippen LogP) is 2.41. The first kappa shape index (κ1) is 18.1. The molecule has 2 aromatic rings. The van der Waals surface area contributed by atoms with Gasteiger partial charge in [-0.1, -0.05) is 36.4 Å². The molecule has 1 aromatic carbocycles. The van der Waals surface area contributed by atoms with Gasteiger partial charge in [-0.25, -0.2) is 10.2 Å². The van der Waals surface area contributed by atoms with Crippen molar-refractivity contribution in [3.05, 3.63) is 66.0 Å². The number of hydrazone groups is 1. The summed E-state index contributed by atoms with van der Waals surface area (Å²) in [6, 6.07) is 12.3. The standard InChI is InChI=1S/C18H20N4O3/c1-2-25-18(24)21-16(15-8-4-3-5-9-15)11-17(23)22-20-13-14-7-6-10-19-12-14/h3-10,12-13,16H,2,11H2,1H3,(H,21,24)(H,22,23)/b20-13-/t16-/m0/s1. The highest BCUT2D eigenvalue weighted by Crippen LogP contribution is 2.16. The number of nitrogens with one attached hydrogen (secondary N) is 2. The van der Waals surface area contributed by atoms with Crippen molar-refractivity contribution in [2.75, 3.05) is 6.61 Å². The Morgan fingerprint density at radius 2 is 2.04 bits per heavy atom. The van der Waals surface area contributed by atoms with Crippen LogP contribution in [0, 0.1) is 0 Å². The van der Waals surface area contributed by atoms with Crippen molar-refractivity contribution in [1.82, 2.24) is 15.7 Å². The number of rotatable bonds is 7. The molecule has 0 unspecified atom stereocenters. The minimum absolute atomic E-state index is 0.0349. The smallest absolute Gasteiger partial charge is 0.407 e. The highest BCUT2D eigenvalue weighted by atomic mass is 16.5. The number of carbonyl (C=O) groups excluding carboxylic acids is 2. The molecule has 0 bridgehead atoms. The van der Waals surface area contributed by atoms with Crippen LogP contribution in [0.2, 0.25) is 0 Å². The molecule has 2 N–H and O–H groups in total. The zero-order chi connectivity index (χ0) is 17.9. The van der Waals surface area contributed by atoms with E-state index in [1.807, 2.05) is 36.4 Å². The largest absolute Gasteiger partial charge is 0.450 e. The molecule has 7 nitrogen and oxygen atoms in total. The molecule has 1 atom stereocenters. The van der Waals surface area contributed by atoms with Gasteiger partial charge in [0.05, 0.1) is 25.3 Å². The number of benzene rings is 1. The zero-order valence-electron chi connectivity index (χ0n) is 13.9. The lowest BCUT2D eigenvalue weighted by molar-refractivity contribution is -0.121. The average molecular weight is 340 g/mol. The van der Waals surface area contributed by atoms with E-state index in [-0.39, 0.29) is 18.9 Å². The second-order valence-electron chi connectivity index (χ2n) is 5.11. The number of hydrogen-bond acceptors (Lipinski definition) is 5. The molecule has 2 rings (SSSR count). The van der Waals surface area contributed by atoms with E-state index in [4.69, 9.17) is 4.74 Å². The molecule has 2 amide bonds. The molecule has 0 aliphatic heterocycles. The number of ether oxygens (including phenoxy) is 1. The molecule has 0 spiro atoms. The molecule has 0 aliphatic carbocycles. The van der Waals surface area contributed by atoms with Crippen LogP contribution in [0.25, 0.3) is 0 Å². The predicted molar refractivity (Wildman–Crippen MR) is 93.9 cm³/mol. The van der Waals surface area contributed by atoms with Crippen LogP contribution in [0.1, 0.15) is 30.5 Å². The summed E-state index contributed by atoms with van der Waals surface area (Å²) in [5.41, 5.74) is 4.03. The normalized spacial score (nSPS) is 11.7. The first-order valence-electron chi connectivity index (χ1n) is 7.89. The van der Waals surface area contributed by atoms with Gasteiger partial charge in [-0.15, -0.1) is 0 Å². The maximum Gasteiger partial charge on any atom is 0.407 e. The van der Waals surface area contributed by atoms with E-state index in [2.05, 4.69) is 20.8 Å². The molecule has 0 radical (unpaired) electrons. The fraction of sp³-hybridized carbons (Fsp3) is 0.222. The third-order valence-corrected chi connectivity index (χ3v) is 3.25. The van der Waals surface area contributed by atoms with Crippen LogP contribution < -0.4 is 10.7 Å². The second-order valence-corrected chi connectivity index (χ2v) is 5.11. The molecular weight excluding hydrogens is 320 g/mol. The van der Waals surface area contributed by atoms with Gasteiger partial charge < -0.3 is 10.1 Å². The van der Waals surface area contributed by atoms with Crippen molar-refractivity contribution >= 4 is 18.2 Å². The fourth-order valence-corrected chi connectivity index (χ4v) is 2.11.